The highest BCUT2D eigenvalue weighted by Crippen LogP contribution is 2.22. The van der Waals surface area contributed by atoms with Crippen LogP contribution in [0.1, 0.15) is 24.2 Å². The normalized spacial score (nSPS) is 16.0. The van der Waals surface area contributed by atoms with Crippen molar-refractivity contribution in [1.29, 1.82) is 0 Å². The first-order valence-corrected chi connectivity index (χ1v) is 10.4. The van der Waals surface area contributed by atoms with E-state index in [-0.39, 0.29) is 23.6 Å². The number of likely N-dealkylation sites (N-methyl/N-ethyl adjacent to an activating group) is 1. The average Bonchev–Trinajstić information content (AvgIpc) is 2.61. The van der Waals surface area contributed by atoms with E-state index in [1.165, 1.54) is 6.07 Å². The van der Waals surface area contributed by atoms with Crippen LogP contribution in [0.4, 0.5) is 10.1 Å². The van der Waals surface area contributed by atoms with Gasteiger partial charge in [0.2, 0.25) is 0 Å². The van der Waals surface area contributed by atoms with E-state index in [0.717, 1.165) is 32.7 Å². The number of rotatable bonds is 7. The zero-order chi connectivity index (χ0) is 18.4. The van der Waals surface area contributed by atoms with E-state index in [4.69, 9.17) is 0 Å². The molecule has 0 unspecified atom stereocenters. The van der Waals surface area contributed by atoms with E-state index in [1.807, 2.05) is 4.90 Å². The Kier molecular flexibility index (Phi) is 6.78. The van der Waals surface area contributed by atoms with Crippen LogP contribution in [0.2, 0.25) is 0 Å². The standard InChI is InChI=1S/C17H26FN3O3S/c1-3-20-8-10-21(11-9-20)16-6-5-14(13-15(16)18)17(22)19-7-12-25(23,24)4-2/h5-6,13H,3-4,7-12H2,1-2H3,(H,19,22). The van der Waals surface area contributed by atoms with Crippen LogP contribution in [0, 0.1) is 5.82 Å². The number of nitrogens with zero attached hydrogens (tertiary/aromatic N) is 2. The van der Waals surface area contributed by atoms with Gasteiger partial charge < -0.3 is 15.1 Å². The van der Waals surface area contributed by atoms with Crippen molar-refractivity contribution in [3.8, 4) is 0 Å². The molecule has 1 aromatic carbocycles. The number of carbonyl (C=O) groups is 1. The lowest BCUT2D eigenvalue weighted by atomic mass is 10.1. The number of sulfone groups is 1. The summed E-state index contributed by atoms with van der Waals surface area (Å²) in [6.45, 7) is 7.98. The minimum Gasteiger partial charge on any atom is -0.367 e. The molecule has 1 aromatic rings. The molecule has 0 atom stereocenters. The number of halogens is 1. The van der Waals surface area contributed by atoms with E-state index in [9.17, 15) is 17.6 Å². The van der Waals surface area contributed by atoms with Crippen LogP contribution in [-0.2, 0) is 9.84 Å². The van der Waals surface area contributed by atoms with Crippen LogP contribution in [0.25, 0.3) is 0 Å². The first kappa shape index (κ1) is 19.7. The number of benzene rings is 1. The molecule has 1 aliphatic rings. The van der Waals surface area contributed by atoms with E-state index >= 15 is 0 Å². The Morgan fingerprint density at radius 3 is 2.44 bits per heavy atom. The Hall–Kier alpha value is -1.67. The smallest absolute Gasteiger partial charge is 0.251 e. The van der Waals surface area contributed by atoms with Crippen molar-refractivity contribution in [3.63, 3.8) is 0 Å². The maximum Gasteiger partial charge on any atom is 0.251 e. The fourth-order valence-corrected chi connectivity index (χ4v) is 3.48. The molecule has 1 saturated heterocycles. The number of carbonyl (C=O) groups excluding carboxylic acids is 1. The van der Waals surface area contributed by atoms with Crippen molar-refractivity contribution in [2.45, 2.75) is 13.8 Å². The quantitative estimate of drug-likeness (QED) is 0.778. The van der Waals surface area contributed by atoms with Crippen molar-refractivity contribution in [2.75, 3.05) is 55.7 Å². The highest BCUT2D eigenvalue weighted by molar-refractivity contribution is 7.91. The Morgan fingerprint density at radius 1 is 1.20 bits per heavy atom. The maximum absolute atomic E-state index is 14.4. The largest absolute Gasteiger partial charge is 0.367 e. The molecule has 8 heteroatoms. The summed E-state index contributed by atoms with van der Waals surface area (Å²) in [5, 5.41) is 2.52. The summed E-state index contributed by atoms with van der Waals surface area (Å²) in [6, 6.07) is 4.41. The third-order valence-corrected chi connectivity index (χ3v) is 6.21. The fourth-order valence-electron chi connectivity index (χ4n) is 2.78. The second-order valence-corrected chi connectivity index (χ2v) is 8.55. The monoisotopic (exact) mass is 371 g/mol. The lowest BCUT2D eigenvalue weighted by molar-refractivity contribution is 0.0955. The molecule has 1 heterocycles. The minimum absolute atomic E-state index is 0.0252. The minimum atomic E-state index is -3.13. The maximum atomic E-state index is 14.4. The van der Waals surface area contributed by atoms with Gasteiger partial charge in [0, 0.05) is 44.0 Å². The van der Waals surface area contributed by atoms with Crippen LogP contribution >= 0.6 is 0 Å². The van der Waals surface area contributed by atoms with Gasteiger partial charge in [-0.05, 0) is 24.7 Å². The van der Waals surface area contributed by atoms with Crippen molar-refractivity contribution in [3.05, 3.63) is 29.6 Å². The fraction of sp³-hybridized carbons (Fsp3) is 0.588. The van der Waals surface area contributed by atoms with Gasteiger partial charge in [-0.25, -0.2) is 12.8 Å². The summed E-state index contributed by atoms with van der Waals surface area (Å²) >= 11 is 0. The van der Waals surface area contributed by atoms with E-state index in [1.54, 1.807) is 19.1 Å². The SMILES string of the molecule is CCN1CCN(c2ccc(C(=O)NCCS(=O)(=O)CC)cc2F)CC1. The summed E-state index contributed by atoms with van der Waals surface area (Å²) in [5.41, 5.74) is 0.697. The first-order valence-electron chi connectivity index (χ1n) is 8.61. The van der Waals surface area contributed by atoms with E-state index < -0.39 is 21.6 Å². The number of anilines is 1. The molecule has 0 radical (unpaired) electrons. The number of amides is 1. The van der Waals surface area contributed by atoms with Crippen molar-refractivity contribution >= 4 is 21.4 Å². The third-order valence-electron chi connectivity index (χ3n) is 4.51. The Balaban J connectivity index is 1.96. The zero-order valence-electron chi connectivity index (χ0n) is 14.8. The number of nitrogens with one attached hydrogen (secondary N) is 1. The van der Waals surface area contributed by atoms with Crippen molar-refractivity contribution in [2.24, 2.45) is 0 Å². The van der Waals surface area contributed by atoms with Crippen molar-refractivity contribution in [1.82, 2.24) is 10.2 Å². The predicted octanol–water partition coefficient (Wildman–Crippen LogP) is 1.13. The highest BCUT2D eigenvalue weighted by atomic mass is 32.2. The number of piperazine rings is 1. The zero-order valence-corrected chi connectivity index (χ0v) is 15.6. The molecule has 1 fully saturated rings. The molecule has 25 heavy (non-hydrogen) atoms. The molecule has 0 bridgehead atoms. The summed E-state index contributed by atoms with van der Waals surface area (Å²) < 4.78 is 37.2. The van der Waals surface area contributed by atoms with Gasteiger partial charge in [0.05, 0.1) is 11.4 Å². The topological polar surface area (TPSA) is 69.7 Å². The van der Waals surface area contributed by atoms with Gasteiger partial charge in [-0.15, -0.1) is 0 Å². The summed E-state index contributed by atoms with van der Waals surface area (Å²) in [7, 11) is -3.13. The molecule has 140 valence electrons. The second-order valence-electron chi connectivity index (χ2n) is 6.08. The lowest BCUT2D eigenvalue weighted by Crippen LogP contribution is -2.46. The molecule has 0 aromatic heterocycles. The second kappa shape index (κ2) is 8.62. The van der Waals surface area contributed by atoms with Crippen molar-refractivity contribution < 1.29 is 17.6 Å². The van der Waals surface area contributed by atoms with Gasteiger partial charge in [-0.2, -0.15) is 0 Å². The van der Waals surface area contributed by atoms with Crippen LogP contribution in [0.15, 0.2) is 18.2 Å². The van der Waals surface area contributed by atoms with Crippen LogP contribution in [0.5, 0.6) is 0 Å². The van der Waals surface area contributed by atoms with E-state index in [2.05, 4.69) is 17.1 Å². The molecule has 2 rings (SSSR count). The van der Waals surface area contributed by atoms with E-state index in [0.29, 0.717) is 5.69 Å². The van der Waals surface area contributed by atoms with Gasteiger partial charge >= 0.3 is 0 Å². The first-order chi connectivity index (χ1) is 11.9. The summed E-state index contributed by atoms with van der Waals surface area (Å²) in [5.74, 6) is -0.971. The molecular formula is C17H26FN3O3S. The average molecular weight is 371 g/mol. The van der Waals surface area contributed by atoms with Gasteiger partial charge in [0.15, 0.2) is 9.84 Å². The van der Waals surface area contributed by atoms with Crippen LogP contribution in [-0.4, -0.2) is 70.0 Å². The molecule has 0 spiro atoms. The molecular weight excluding hydrogens is 345 g/mol. The Labute approximate surface area is 148 Å². The van der Waals surface area contributed by atoms with Gasteiger partial charge in [-0.1, -0.05) is 13.8 Å². The molecule has 6 nitrogen and oxygen atoms in total. The highest BCUT2D eigenvalue weighted by Gasteiger charge is 2.19. The molecule has 0 aliphatic carbocycles. The van der Waals surface area contributed by atoms with Crippen LogP contribution in [0.3, 0.4) is 0 Å². The van der Waals surface area contributed by atoms with Crippen LogP contribution < -0.4 is 10.2 Å². The third kappa shape index (κ3) is 5.40. The Morgan fingerprint density at radius 2 is 1.88 bits per heavy atom. The molecule has 1 amide bonds. The number of hydrogen-bond acceptors (Lipinski definition) is 5. The molecule has 1 aliphatic heterocycles. The predicted molar refractivity (Wildman–Crippen MR) is 97.4 cm³/mol. The lowest BCUT2D eigenvalue weighted by Gasteiger charge is -2.35. The van der Waals surface area contributed by atoms with Gasteiger partial charge in [-0.3, -0.25) is 4.79 Å². The molecule has 0 saturated carbocycles. The summed E-state index contributed by atoms with van der Waals surface area (Å²) in [6.07, 6.45) is 0. The summed E-state index contributed by atoms with van der Waals surface area (Å²) in [4.78, 5) is 16.3. The molecule has 1 N–H and O–H groups in total. The Bertz CT molecular complexity index is 701. The van der Waals surface area contributed by atoms with Gasteiger partial charge in [0.25, 0.3) is 5.91 Å². The number of hydrogen-bond donors (Lipinski definition) is 1. The van der Waals surface area contributed by atoms with Gasteiger partial charge in [0.1, 0.15) is 5.82 Å².